The Kier molecular flexibility index (Phi) is 3.08. The third kappa shape index (κ3) is 2.03. The number of phenolic OH excluding ortho intramolecular Hbond substituents is 1. The Hall–Kier alpha value is -1.02. The molecule has 21 heavy (non-hydrogen) atoms. The second-order valence-corrected chi connectivity index (χ2v) is 7.60. The van der Waals surface area contributed by atoms with Gasteiger partial charge in [0.1, 0.15) is 5.75 Å². The Morgan fingerprint density at radius 2 is 2.14 bits per heavy atom. The Labute approximate surface area is 128 Å². The van der Waals surface area contributed by atoms with E-state index in [2.05, 4.69) is 30.9 Å². The fourth-order valence-corrected chi connectivity index (χ4v) is 5.09. The molecular formula is C19H27NO. The SMILES string of the molecule is CC[C@@]12CCN(CC3CC3)C(Cc3ccc(O)cc31)C2C. The van der Waals surface area contributed by atoms with E-state index in [-0.39, 0.29) is 5.41 Å². The Morgan fingerprint density at radius 1 is 1.33 bits per heavy atom. The smallest absolute Gasteiger partial charge is 0.115 e. The van der Waals surface area contributed by atoms with Gasteiger partial charge in [-0.3, -0.25) is 4.90 Å². The van der Waals surface area contributed by atoms with Gasteiger partial charge in [0.15, 0.2) is 0 Å². The quantitative estimate of drug-likeness (QED) is 0.915. The summed E-state index contributed by atoms with van der Waals surface area (Å²) >= 11 is 0. The molecular weight excluding hydrogens is 258 g/mol. The van der Waals surface area contributed by atoms with Crippen LogP contribution in [0.1, 0.15) is 50.7 Å². The molecule has 2 bridgehead atoms. The summed E-state index contributed by atoms with van der Waals surface area (Å²) in [5.74, 6) is 2.12. The maximum Gasteiger partial charge on any atom is 0.115 e. The number of aromatic hydroxyl groups is 1. The van der Waals surface area contributed by atoms with E-state index < -0.39 is 0 Å². The molecule has 0 aromatic heterocycles. The average molecular weight is 285 g/mol. The molecule has 114 valence electrons. The first-order valence-corrected chi connectivity index (χ1v) is 8.70. The molecule has 2 fully saturated rings. The van der Waals surface area contributed by atoms with Crippen LogP contribution < -0.4 is 0 Å². The highest BCUT2D eigenvalue weighted by atomic mass is 16.3. The lowest BCUT2D eigenvalue weighted by Gasteiger charge is -2.56. The Bertz CT molecular complexity index is 550. The number of likely N-dealkylation sites (tertiary alicyclic amines) is 1. The molecule has 3 aliphatic rings. The summed E-state index contributed by atoms with van der Waals surface area (Å²) in [6.45, 7) is 7.36. The van der Waals surface area contributed by atoms with Gasteiger partial charge < -0.3 is 5.11 Å². The van der Waals surface area contributed by atoms with Gasteiger partial charge in [0.25, 0.3) is 0 Å². The van der Waals surface area contributed by atoms with E-state index in [9.17, 15) is 5.11 Å². The topological polar surface area (TPSA) is 23.5 Å². The minimum atomic E-state index is 0.289. The van der Waals surface area contributed by atoms with E-state index in [0.717, 1.165) is 5.92 Å². The number of nitrogens with zero attached hydrogens (tertiary/aromatic N) is 1. The average Bonchev–Trinajstić information content (AvgIpc) is 3.28. The molecule has 0 spiro atoms. The van der Waals surface area contributed by atoms with Crippen LogP contribution in [0.2, 0.25) is 0 Å². The molecule has 2 unspecified atom stereocenters. The maximum absolute atomic E-state index is 9.95. The van der Waals surface area contributed by atoms with Crippen molar-refractivity contribution in [2.45, 2.75) is 57.4 Å². The minimum absolute atomic E-state index is 0.289. The molecule has 2 heteroatoms. The van der Waals surface area contributed by atoms with E-state index >= 15 is 0 Å². The van der Waals surface area contributed by atoms with Gasteiger partial charge in [-0.2, -0.15) is 0 Å². The normalized spacial score (nSPS) is 35.5. The van der Waals surface area contributed by atoms with Gasteiger partial charge >= 0.3 is 0 Å². The first kappa shape index (κ1) is 13.6. The highest BCUT2D eigenvalue weighted by Crippen LogP contribution is 2.52. The molecule has 1 aromatic rings. The molecule has 1 saturated heterocycles. The van der Waals surface area contributed by atoms with Gasteiger partial charge in [0.05, 0.1) is 0 Å². The molecule has 1 aromatic carbocycles. The molecule has 1 aliphatic heterocycles. The van der Waals surface area contributed by atoms with Gasteiger partial charge in [-0.15, -0.1) is 0 Å². The van der Waals surface area contributed by atoms with Crippen molar-refractivity contribution in [3.05, 3.63) is 29.3 Å². The summed E-state index contributed by atoms with van der Waals surface area (Å²) in [4.78, 5) is 2.78. The predicted molar refractivity (Wildman–Crippen MR) is 85.6 cm³/mol. The summed E-state index contributed by atoms with van der Waals surface area (Å²) in [6.07, 6.45) is 6.51. The Morgan fingerprint density at radius 3 is 2.86 bits per heavy atom. The van der Waals surface area contributed by atoms with Gasteiger partial charge in [0.2, 0.25) is 0 Å². The molecule has 1 heterocycles. The van der Waals surface area contributed by atoms with Crippen LogP contribution in [0.3, 0.4) is 0 Å². The van der Waals surface area contributed by atoms with Gasteiger partial charge in [0, 0.05) is 18.0 Å². The zero-order valence-electron chi connectivity index (χ0n) is 13.3. The fraction of sp³-hybridized carbons (Fsp3) is 0.684. The van der Waals surface area contributed by atoms with Crippen molar-refractivity contribution in [3.63, 3.8) is 0 Å². The molecule has 0 amide bonds. The molecule has 4 rings (SSSR count). The van der Waals surface area contributed by atoms with E-state index in [1.165, 1.54) is 56.3 Å². The molecule has 2 aliphatic carbocycles. The van der Waals surface area contributed by atoms with E-state index in [1.807, 2.05) is 6.07 Å². The summed E-state index contributed by atoms with van der Waals surface area (Å²) in [5.41, 5.74) is 3.22. The second-order valence-electron chi connectivity index (χ2n) is 7.60. The van der Waals surface area contributed by atoms with E-state index in [1.54, 1.807) is 0 Å². The van der Waals surface area contributed by atoms with Crippen molar-refractivity contribution in [1.29, 1.82) is 0 Å². The molecule has 2 nitrogen and oxygen atoms in total. The van der Waals surface area contributed by atoms with Crippen LogP contribution in [0.25, 0.3) is 0 Å². The number of fused-ring (bicyclic) bond motifs is 4. The van der Waals surface area contributed by atoms with Crippen LogP contribution in [0, 0.1) is 11.8 Å². The number of hydrogen-bond acceptors (Lipinski definition) is 2. The molecule has 0 radical (unpaired) electrons. The van der Waals surface area contributed by atoms with Crippen LogP contribution >= 0.6 is 0 Å². The number of benzene rings is 1. The van der Waals surface area contributed by atoms with E-state index in [0.29, 0.717) is 17.7 Å². The highest BCUT2D eigenvalue weighted by Gasteiger charge is 2.50. The van der Waals surface area contributed by atoms with Gasteiger partial charge in [-0.1, -0.05) is 19.9 Å². The van der Waals surface area contributed by atoms with Gasteiger partial charge in [-0.05, 0) is 73.7 Å². The first-order valence-electron chi connectivity index (χ1n) is 8.70. The summed E-state index contributed by atoms with van der Waals surface area (Å²) < 4.78 is 0. The number of piperidine rings is 1. The molecule has 1 N–H and O–H groups in total. The van der Waals surface area contributed by atoms with Crippen molar-refractivity contribution >= 4 is 0 Å². The molecule has 3 atom stereocenters. The van der Waals surface area contributed by atoms with Crippen molar-refractivity contribution < 1.29 is 5.11 Å². The lowest BCUT2D eigenvalue weighted by Crippen LogP contribution is -2.59. The van der Waals surface area contributed by atoms with E-state index in [4.69, 9.17) is 0 Å². The second kappa shape index (κ2) is 4.74. The lowest BCUT2D eigenvalue weighted by molar-refractivity contribution is 0.0179. The number of hydrogen-bond donors (Lipinski definition) is 1. The summed E-state index contributed by atoms with van der Waals surface area (Å²) in [5, 5.41) is 9.95. The Balaban J connectivity index is 1.74. The minimum Gasteiger partial charge on any atom is -0.508 e. The summed E-state index contributed by atoms with van der Waals surface area (Å²) in [6, 6.07) is 6.81. The van der Waals surface area contributed by atoms with Crippen LogP contribution in [-0.4, -0.2) is 29.1 Å². The van der Waals surface area contributed by atoms with Crippen molar-refractivity contribution in [2.75, 3.05) is 13.1 Å². The highest BCUT2D eigenvalue weighted by molar-refractivity contribution is 5.44. The first-order chi connectivity index (χ1) is 10.1. The zero-order valence-corrected chi connectivity index (χ0v) is 13.3. The van der Waals surface area contributed by atoms with Gasteiger partial charge in [-0.25, -0.2) is 0 Å². The fourth-order valence-electron chi connectivity index (χ4n) is 5.09. The van der Waals surface area contributed by atoms with Crippen molar-refractivity contribution in [2.24, 2.45) is 11.8 Å². The third-order valence-corrected chi connectivity index (χ3v) is 6.64. The monoisotopic (exact) mass is 285 g/mol. The third-order valence-electron chi connectivity index (χ3n) is 6.64. The van der Waals surface area contributed by atoms with Crippen LogP contribution in [-0.2, 0) is 11.8 Å². The van der Waals surface area contributed by atoms with Crippen molar-refractivity contribution in [3.8, 4) is 5.75 Å². The number of phenols is 1. The molecule has 1 saturated carbocycles. The summed E-state index contributed by atoms with van der Waals surface area (Å²) in [7, 11) is 0. The van der Waals surface area contributed by atoms with Crippen LogP contribution in [0.5, 0.6) is 5.75 Å². The standard InChI is InChI=1S/C19H27NO/c1-3-19-8-9-20(12-14-4-5-14)18(13(19)2)10-15-6-7-16(21)11-17(15)19/h6-7,11,13-14,18,21H,3-5,8-10,12H2,1-2H3/t13?,18?,19-/m0/s1. The zero-order chi connectivity index (χ0) is 14.6. The maximum atomic E-state index is 9.95. The van der Waals surface area contributed by atoms with Crippen LogP contribution in [0.15, 0.2) is 18.2 Å². The lowest BCUT2D eigenvalue weighted by atomic mass is 9.57. The van der Waals surface area contributed by atoms with Crippen molar-refractivity contribution in [1.82, 2.24) is 4.90 Å². The predicted octanol–water partition coefficient (Wildman–Crippen LogP) is 3.72. The van der Waals surface area contributed by atoms with Crippen LogP contribution in [0.4, 0.5) is 0 Å². The largest absolute Gasteiger partial charge is 0.508 e. The number of rotatable bonds is 3.